The molecule has 0 heteroatoms. The minimum absolute atomic E-state index is 0.494. The van der Waals surface area contributed by atoms with Crippen molar-refractivity contribution >= 4 is 0 Å². The molecule has 1 atom stereocenters. The van der Waals surface area contributed by atoms with Crippen LogP contribution in [0.1, 0.15) is 47.0 Å². The maximum absolute atomic E-state index is 4.22. The smallest absolute Gasteiger partial charge is 0.0157 e. The van der Waals surface area contributed by atoms with E-state index in [0.717, 1.165) is 19.3 Å². The van der Waals surface area contributed by atoms with E-state index >= 15 is 0 Å². The van der Waals surface area contributed by atoms with Crippen LogP contribution in [0.3, 0.4) is 0 Å². The molecule has 0 fully saturated rings. The molecule has 0 rings (SSSR count). The Hall–Kier alpha value is -1.04. The van der Waals surface area contributed by atoms with E-state index in [0.29, 0.717) is 5.92 Å². The topological polar surface area (TPSA) is 0 Å². The first-order valence-corrected chi connectivity index (χ1v) is 6.01. The highest BCUT2D eigenvalue weighted by Gasteiger charge is 2.10. The number of allylic oxidation sites excluding steroid dienone is 5. The van der Waals surface area contributed by atoms with Gasteiger partial charge in [-0.05, 0) is 57.1 Å². The summed E-state index contributed by atoms with van der Waals surface area (Å²) in [5, 5.41) is 0. The molecule has 0 nitrogen and oxygen atoms in total. The maximum Gasteiger partial charge on any atom is -0.0157 e. The van der Waals surface area contributed by atoms with Crippen LogP contribution in [-0.4, -0.2) is 0 Å². The van der Waals surface area contributed by atoms with Crippen molar-refractivity contribution in [3.05, 3.63) is 48.1 Å². The van der Waals surface area contributed by atoms with Crippen molar-refractivity contribution in [2.24, 2.45) is 5.92 Å². The van der Waals surface area contributed by atoms with E-state index in [9.17, 15) is 0 Å². The Morgan fingerprint density at radius 2 is 1.62 bits per heavy atom. The van der Waals surface area contributed by atoms with Gasteiger partial charge in [0.15, 0.2) is 0 Å². The van der Waals surface area contributed by atoms with Crippen molar-refractivity contribution in [2.45, 2.75) is 47.0 Å². The lowest BCUT2D eigenvalue weighted by atomic mass is 9.88. The van der Waals surface area contributed by atoms with Gasteiger partial charge in [0.05, 0.1) is 0 Å². The third-order valence-corrected chi connectivity index (χ3v) is 2.83. The maximum atomic E-state index is 4.22. The Kier molecular flexibility index (Phi) is 6.80. The summed E-state index contributed by atoms with van der Waals surface area (Å²) in [4.78, 5) is 0. The fraction of sp³-hybridized carbons (Fsp3) is 0.500. The Morgan fingerprint density at radius 1 is 1.06 bits per heavy atom. The molecule has 0 N–H and O–H groups in total. The molecule has 90 valence electrons. The Bertz CT molecular complexity index is 302. The highest BCUT2D eigenvalue weighted by atomic mass is 14.2. The Morgan fingerprint density at radius 3 is 2.00 bits per heavy atom. The summed E-state index contributed by atoms with van der Waals surface area (Å²) in [6, 6.07) is 0. The van der Waals surface area contributed by atoms with Crippen LogP contribution in [0.25, 0.3) is 0 Å². The summed E-state index contributed by atoms with van der Waals surface area (Å²) >= 11 is 0. The molecule has 0 aliphatic rings. The van der Waals surface area contributed by atoms with Crippen LogP contribution in [0.2, 0.25) is 0 Å². The van der Waals surface area contributed by atoms with Gasteiger partial charge in [-0.1, -0.05) is 30.7 Å². The zero-order valence-corrected chi connectivity index (χ0v) is 11.4. The van der Waals surface area contributed by atoms with E-state index in [1.54, 1.807) is 0 Å². The summed E-state index contributed by atoms with van der Waals surface area (Å²) in [7, 11) is 0. The predicted octanol–water partition coefficient (Wildman–Crippen LogP) is 5.45. The van der Waals surface area contributed by atoms with E-state index < -0.39 is 0 Å². The average molecular weight is 218 g/mol. The van der Waals surface area contributed by atoms with E-state index in [-0.39, 0.29) is 0 Å². The normalized spacial score (nSPS) is 13.4. The van der Waals surface area contributed by atoms with Crippen LogP contribution in [0.15, 0.2) is 48.1 Å². The highest BCUT2D eigenvalue weighted by Crippen LogP contribution is 2.27. The zero-order chi connectivity index (χ0) is 12.7. The van der Waals surface area contributed by atoms with Crippen molar-refractivity contribution < 1.29 is 0 Å². The van der Waals surface area contributed by atoms with E-state index in [1.807, 2.05) is 0 Å². The van der Waals surface area contributed by atoms with Gasteiger partial charge in [-0.25, -0.2) is 0 Å². The van der Waals surface area contributed by atoms with Crippen LogP contribution in [-0.2, 0) is 0 Å². The predicted molar refractivity (Wildman–Crippen MR) is 75.5 cm³/mol. The van der Waals surface area contributed by atoms with Crippen LogP contribution in [0.5, 0.6) is 0 Å². The van der Waals surface area contributed by atoms with Gasteiger partial charge in [0.25, 0.3) is 0 Å². The molecular formula is C16H26. The first-order valence-electron chi connectivity index (χ1n) is 6.01. The molecule has 0 radical (unpaired) electrons. The molecule has 0 saturated heterocycles. The van der Waals surface area contributed by atoms with E-state index in [2.05, 4.69) is 53.5 Å². The quantitative estimate of drug-likeness (QED) is 0.394. The second kappa shape index (κ2) is 7.27. The van der Waals surface area contributed by atoms with Crippen molar-refractivity contribution in [3.63, 3.8) is 0 Å². The number of rotatable bonds is 7. The molecule has 0 aromatic carbocycles. The van der Waals surface area contributed by atoms with Gasteiger partial charge >= 0.3 is 0 Å². The van der Waals surface area contributed by atoms with Gasteiger partial charge in [0, 0.05) is 0 Å². The summed E-state index contributed by atoms with van der Waals surface area (Å²) in [5.41, 5.74) is 5.09. The molecule has 1 unspecified atom stereocenters. The van der Waals surface area contributed by atoms with Crippen molar-refractivity contribution in [2.75, 3.05) is 0 Å². The third-order valence-electron chi connectivity index (χ3n) is 2.83. The van der Waals surface area contributed by atoms with Gasteiger partial charge in [-0.15, -0.1) is 13.2 Å². The summed E-state index contributed by atoms with van der Waals surface area (Å²) < 4.78 is 0. The molecule has 0 aliphatic carbocycles. The summed E-state index contributed by atoms with van der Waals surface area (Å²) in [6.07, 6.45) is 5.33. The first kappa shape index (κ1) is 15.0. The molecular weight excluding hydrogens is 192 g/mol. The van der Waals surface area contributed by atoms with Crippen molar-refractivity contribution in [1.29, 1.82) is 0 Å². The molecule has 0 saturated carbocycles. The van der Waals surface area contributed by atoms with Gasteiger partial charge in [0.2, 0.25) is 0 Å². The van der Waals surface area contributed by atoms with Crippen LogP contribution >= 0.6 is 0 Å². The first-order chi connectivity index (χ1) is 7.38. The number of hydrogen-bond acceptors (Lipinski definition) is 0. The van der Waals surface area contributed by atoms with Crippen molar-refractivity contribution in [1.82, 2.24) is 0 Å². The highest BCUT2D eigenvalue weighted by molar-refractivity contribution is 5.31. The van der Waals surface area contributed by atoms with E-state index in [4.69, 9.17) is 0 Å². The molecule has 0 heterocycles. The minimum atomic E-state index is 0.494. The Labute approximate surface area is 101 Å². The second-order valence-corrected chi connectivity index (χ2v) is 4.86. The van der Waals surface area contributed by atoms with Gasteiger partial charge in [0.1, 0.15) is 0 Å². The largest absolute Gasteiger partial charge is 0.100 e. The monoisotopic (exact) mass is 218 g/mol. The van der Waals surface area contributed by atoms with Crippen molar-refractivity contribution in [3.8, 4) is 0 Å². The SMILES string of the molecule is C=C(C)CC/C(=C/C)C(=C)C(C)CC(=C)C. The molecule has 0 aromatic heterocycles. The standard InChI is InChI=1S/C16H26/c1-8-16(10-9-12(2)3)15(7)14(6)11-13(4)5/h8,14H,2,4,7,9-11H2,1,3,5-6H3/b16-8-. The molecule has 0 aromatic rings. The summed E-state index contributed by atoms with van der Waals surface area (Å²) in [5.74, 6) is 0.494. The minimum Gasteiger partial charge on any atom is -0.100 e. The second-order valence-electron chi connectivity index (χ2n) is 4.86. The van der Waals surface area contributed by atoms with Gasteiger partial charge in [-0.2, -0.15) is 0 Å². The van der Waals surface area contributed by atoms with Crippen LogP contribution in [0, 0.1) is 5.92 Å². The third kappa shape index (κ3) is 5.75. The number of hydrogen-bond donors (Lipinski definition) is 0. The van der Waals surface area contributed by atoms with Gasteiger partial charge < -0.3 is 0 Å². The fourth-order valence-corrected chi connectivity index (χ4v) is 1.80. The zero-order valence-electron chi connectivity index (χ0n) is 11.4. The summed E-state index contributed by atoms with van der Waals surface area (Å²) in [6.45, 7) is 20.6. The van der Waals surface area contributed by atoms with Crippen LogP contribution in [0.4, 0.5) is 0 Å². The lowest BCUT2D eigenvalue weighted by Gasteiger charge is -2.18. The molecule has 16 heavy (non-hydrogen) atoms. The molecule has 0 bridgehead atoms. The van der Waals surface area contributed by atoms with Crippen LogP contribution < -0.4 is 0 Å². The fourth-order valence-electron chi connectivity index (χ4n) is 1.80. The Balaban J connectivity index is 4.42. The lowest BCUT2D eigenvalue weighted by molar-refractivity contribution is 0.672. The van der Waals surface area contributed by atoms with Gasteiger partial charge in [-0.3, -0.25) is 0 Å². The van der Waals surface area contributed by atoms with E-state index in [1.165, 1.54) is 22.3 Å². The molecule has 0 amide bonds. The molecule has 0 aliphatic heterocycles. The lowest BCUT2D eigenvalue weighted by Crippen LogP contribution is -2.02. The molecule has 0 spiro atoms. The average Bonchev–Trinajstić information content (AvgIpc) is 2.16.